The highest BCUT2D eigenvalue weighted by Gasteiger charge is 2.18. The van der Waals surface area contributed by atoms with Gasteiger partial charge in [-0.15, -0.1) is 10.2 Å². The maximum absolute atomic E-state index is 6.15. The summed E-state index contributed by atoms with van der Waals surface area (Å²) in [6.07, 6.45) is 2.60. The molecule has 1 aliphatic rings. The van der Waals surface area contributed by atoms with Crippen LogP contribution in [-0.2, 0) is 13.0 Å². The SMILES string of the molecule is COc1cc2c(cc1Nc1nnc(Cl)c(Nc3ncccc3Cl)n1)CN(C)CC2. The Labute approximate surface area is 178 Å². The van der Waals surface area contributed by atoms with Crippen molar-refractivity contribution >= 4 is 46.5 Å². The van der Waals surface area contributed by atoms with Crippen LogP contribution in [0.2, 0.25) is 10.2 Å². The van der Waals surface area contributed by atoms with Crippen LogP contribution in [0.4, 0.5) is 23.3 Å². The highest BCUT2D eigenvalue weighted by Crippen LogP contribution is 2.33. The minimum atomic E-state index is 0.108. The number of likely N-dealkylation sites (N-methyl/N-ethyl adjacent to an activating group) is 1. The van der Waals surface area contributed by atoms with Crippen molar-refractivity contribution in [1.82, 2.24) is 25.1 Å². The van der Waals surface area contributed by atoms with Gasteiger partial charge in [0.2, 0.25) is 5.95 Å². The summed E-state index contributed by atoms with van der Waals surface area (Å²) in [7, 11) is 3.74. The molecule has 0 saturated carbocycles. The number of halogens is 2. The maximum atomic E-state index is 6.15. The van der Waals surface area contributed by atoms with Crippen LogP contribution < -0.4 is 15.4 Å². The summed E-state index contributed by atoms with van der Waals surface area (Å²) in [4.78, 5) is 10.9. The van der Waals surface area contributed by atoms with Crippen molar-refractivity contribution in [1.29, 1.82) is 0 Å². The van der Waals surface area contributed by atoms with Gasteiger partial charge in [0.25, 0.3) is 0 Å². The van der Waals surface area contributed by atoms with Gasteiger partial charge in [0.05, 0.1) is 17.8 Å². The third-order valence-electron chi connectivity index (χ3n) is 4.61. The predicted octanol–water partition coefficient (Wildman–Crippen LogP) is 4.06. The average molecular weight is 432 g/mol. The van der Waals surface area contributed by atoms with Gasteiger partial charge in [-0.3, -0.25) is 0 Å². The predicted molar refractivity (Wildman–Crippen MR) is 114 cm³/mol. The molecule has 3 heterocycles. The second-order valence-electron chi connectivity index (χ2n) is 6.67. The van der Waals surface area contributed by atoms with Crippen LogP contribution >= 0.6 is 23.2 Å². The summed E-state index contributed by atoms with van der Waals surface area (Å²) < 4.78 is 5.55. The van der Waals surface area contributed by atoms with Crippen LogP contribution in [0.5, 0.6) is 5.75 Å². The van der Waals surface area contributed by atoms with Gasteiger partial charge in [0.1, 0.15) is 11.6 Å². The number of hydrogen-bond donors (Lipinski definition) is 2. The lowest BCUT2D eigenvalue weighted by Crippen LogP contribution is -2.26. The molecule has 29 heavy (non-hydrogen) atoms. The highest BCUT2D eigenvalue weighted by atomic mass is 35.5. The van der Waals surface area contributed by atoms with E-state index in [0.717, 1.165) is 25.2 Å². The van der Waals surface area contributed by atoms with Gasteiger partial charge in [0, 0.05) is 19.3 Å². The zero-order valence-corrected chi connectivity index (χ0v) is 17.4. The molecule has 10 heteroatoms. The average Bonchev–Trinajstić information content (AvgIpc) is 2.71. The van der Waals surface area contributed by atoms with E-state index in [1.165, 1.54) is 11.1 Å². The van der Waals surface area contributed by atoms with Gasteiger partial charge in [-0.1, -0.05) is 23.2 Å². The Balaban J connectivity index is 1.63. The molecule has 150 valence electrons. The molecule has 4 rings (SSSR count). The van der Waals surface area contributed by atoms with Gasteiger partial charge in [-0.25, -0.2) is 4.98 Å². The summed E-state index contributed by atoms with van der Waals surface area (Å²) >= 11 is 12.3. The second kappa shape index (κ2) is 8.36. The first-order valence-corrected chi connectivity index (χ1v) is 9.72. The Kier molecular flexibility index (Phi) is 5.66. The molecule has 0 unspecified atom stereocenters. The minimum absolute atomic E-state index is 0.108. The standard InChI is InChI=1S/C19H19Cl2N7O/c1-28-7-5-11-9-15(29-2)14(8-12(11)10-28)23-19-25-18(16(21)26-27-19)24-17-13(20)4-3-6-22-17/h3-4,6,8-9H,5,7,10H2,1-2H3,(H2,22,23,24,25,27). The van der Waals surface area contributed by atoms with Gasteiger partial charge in [-0.05, 0) is 48.9 Å². The number of benzene rings is 1. The van der Waals surface area contributed by atoms with Crippen LogP contribution in [0.15, 0.2) is 30.5 Å². The zero-order chi connectivity index (χ0) is 20.4. The van der Waals surface area contributed by atoms with Crippen LogP contribution in [0, 0.1) is 0 Å². The third kappa shape index (κ3) is 4.34. The Bertz CT molecular complexity index is 1050. The van der Waals surface area contributed by atoms with Gasteiger partial charge in [0.15, 0.2) is 11.0 Å². The Hall–Kier alpha value is -2.68. The molecule has 8 nitrogen and oxygen atoms in total. The van der Waals surface area contributed by atoms with Crippen molar-refractivity contribution < 1.29 is 4.74 Å². The fourth-order valence-electron chi connectivity index (χ4n) is 3.15. The highest BCUT2D eigenvalue weighted by molar-refractivity contribution is 6.33. The number of methoxy groups -OCH3 is 1. The number of rotatable bonds is 5. The largest absolute Gasteiger partial charge is 0.495 e. The van der Waals surface area contributed by atoms with E-state index in [1.54, 1.807) is 25.4 Å². The maximum Gasteiger partial charge on any atom is 0.249 e. The van der Waals surface area contributed by atoms with Gasteiger partial charge < -0.3 is 20.3 Å². The molecular weight excluding hydrogens is 413 g/mol. The number of anilines is 4. The van der Waals surface area contributed by atoms with Crippen LogP contribution in [0.25, 0.3) is 0 Å². The van der Waals surface area contributed by atoms with Crippen molar-refractivity contribution in [2.24, 2.45) is 0 Å². The van der Waals surface area contributed by atoms with E-state index < -0.39 is 0 Å². The van der Waals surface area contributed by atoms with Gasteiger partial charge in [-0.2, -0.15) is 4.98 Å². The Morgan fingerprint density at radius 3 is 2.76 bits per heavy atom. The molecule has 3 aromatic rings. The lowest BCUT2D eigenvalue weighted by atomic mass is 9.99. The van der Waals surface area contributed by atoms with Crippen LogP contribution in [-0.4, -0.2) is 45.8 Å². The van der Waals surface area contributed by atoms with Crippen LogP contribution in [0.3, 0.4) is 0 Å². The first kappa shape index (κ1) is 19.6. The Morgan fingerprint density at radius 2 is 1.97 bits per heavy atom. The summed E-state index contributed by atoms with van der Waals surface area (Å²) in [5.41, 5.74) is 3.28. The topological polar surface area (TPSA) is 88.1 Å². The number of nitrogens with zero attached hydrogens (tertiary/aromatic N) is 5. The van der Waals surface area contributed by atoms with E-state index in [1.807, 2.05) is 0 Å². The van der Waals surface area contributed by atoms with E-state index >= 15 is 0 Å². The fraction of sp³-hybridized carbons (Fsp3) is 0.263. The quantitative estimate of drug-likeness (QED) is 0.624. The number of pyridine rings is 1. The third-order valence-corrected chi connectivity index (χ3v) is 5.17. The fourth-order valence-corrected chi connectivity index (χ4v) is 3.45. The minimum Gasteiger partial charge on any atom is -0.495 e. The summed E-state index contributed by atoms with van der Waals surface area (Å²) in [5.74, 6) is 1.71. The molecule has 0 fully saturated rings. The number of nitrogens with one attached hydrogen (secondary N) is 2. The molecule has 0 aliphatic carbocycles. The van der Waals surface area contributed by atoms with E-state index in [-0.39, 0.29) is 11.1 Å². The second-order valence-corrected chi connectivity index (χ2v) is 7.43. The summed E-state index contributed by atoms with van der Waals surface area (Å²) in [6.45, 7) is 1.90. The number of fused-ring (bicyclic) bond motifs is 1. The zero-order valence-electron chi connectivity index (χ0n) is 15.9. The van der Waals surface area contributed by atoms with Crippen molar-refractivity contribution in [2.75, 3.05) is 31.3 Å². The molecular formula is C19H19Cl2N7O. The lowest BCUT2D eigenvalue weighted by Gasteiger charge is -2.26. The first-order valence-electron chi connectivity index (χ1n) is 8.96. The summed E-state index contributed by atoms with van der Waals surface area (Å²) in [5, 5.41) is 14.7. The Morgan fingerprint density at radius 1 is 1.10 bits per heavy atom. The molecule has 0 spiro atoms. The first-order chi connectivity index (χ1) is 14.0. The van der Waals surface area contributed by atoms with E-state index in [9.17, 15) is 0 Å². The normalized spacial score (nSPS) is 13.7. The molecule has 2 N–H and O–H groups in total. The molecule has 0 saturated heterocycles. The molecule has 1 aromatic carbocycles. The molecule has 0 amide bonds. The van der Waals surface area contributed by atoms with Crippen molar-refractivity contribution in [2.45, 2.75) is 13.0 Å². The molecule has 1 aliphatic heterocycles. The van der Waals surface area contributed by atoms with E-state index in [4.69, 9.17) is 27.9 Å². The summed E-state index contributed by atoms with van der Waals surface area (Å²) in [6, 6.07) is 7.57. The van der Waals surface area contributed by atoms with Crippen molar-refractivity contribution in [3.8, 4) is 5.75 Å². The number of hydrogen-bond acceptors (Lipinski definition) is 8. The van der Waals surface area contributed by atoms with Crippen LogP contribution in [0.1, 0.15) is 11.1 Å². The van der Waals surface area contributed by atoms with Crippen molar-refractivity contribution in [3.63, 3.8) is 0 Å². The monoisotopic (exact) mass is 431 g/mol. The molecule has 0 radical (unpaired) electrons. The number of ether oxygens (including phenoxy) is 1. The van der Waals surface area contributed by atoms with E-state index in [0.29, 0.717) is 22.4 Å². The molecule has 0 atom stereocenters. The van der Waals surface area contributed by atoms with E-state index in [2.05, 4.69) is 54.9 Å². The number of aromatic nitrogens is 4. The molecule has 0 bridgehead atoms. The smallest absolute Gasteiger partial charge is 0.249 e. The molecule has 2 aromatic heterocycles. The lowest BCUT2D eigenvalue weighted by molar-refractivity contribution is 0.312. The van der Waals surface area contributed by atoms with Crippen molar-refractivity contribution in [3.05, 3.63) is 51.8 Å². The van der Waals surface area contributed by atoms with Gasteiger partial charge >= 0.3 is 0 Å².